The molecule has 1 aromatic carbocycles. The maximum atomic E-state index is 14.4. The predicted octanol–water partition coefficient (Wildman–Crippen LogP) is 3.92. The Morgan fingerprint density at radius 2 is 2.00 bits per heavy atom. The third kappa shape index (κ3) is 2.96. The van der Waals surface area contributed by atoms with Crippen molar-refractivity contribution in [2.45, 2.75) is 44.9 Å². The number of nitrogens with zero attached hydrogens (tertiary/aromatic N) is 3. The summed E-state index contributed by atoms with van der Waals surface area (Å²) in [6.07, 6.45) is 3.83. The van der Waals surface area contributed by atoms with Gasteiger partial charge in [0, 0.05) is 30.9 Å². The molecule has 6 nitrogen and oxygen atoms in total. The molecule has 0 spiro atoms. The van der Waals surface area contributed by atoms with E-state index in [0.29, 0.717) is 13.1 Å². The highest BCUT2D eigenvalue weighted by Gasteiger charge is 2.64. The van der Waals surface area contributed by atoms with Gasteiger partial charge in [-0.25, -0.2) is 8.78 Å². The molecule has 1 saturated carbocycles. The van der Waals surface area contributed by atoms with E-state index in [1.54, 1.807) is 11.0 Å². The van der Waals surface area contributed by atoms with Crippen LogP contribution in [0.3, 0.4) is 0 Å². The van der Waals surface area contributed by atoms with E-state index in [9.17, 15) is 13.6 Å². The van der Waals surface area contributed by atoms with Gasteiger partial charge in [-0.15, -0.1) is 0 Å². The van der Waals surface area contributed by atoms with E-state index in [1.807, 2.05) is 6.92 Å². The van der Waals surface area contributed by atoms with E-state index in [0.717, 1.165) is 36.5 Å². The minimum absolute atomic E-state index is 0.130. The quantitative estimate of drug-likeness (QED) is 0.527. The number of halogens is 2. The second kappa shape index (κ2) is 7.76. The van der Waals surface area contributed by atoms with Gasteiger partial charge >= 0.3 is 0 Å². The Kier molecular flexibility index (Phi) is 5.35. The van der Waals surface area contributed by atoms with Crippen molar-refractivity contribution >= 4 is 12.1 Å². The van der Waals surface area contributed by atoms with Gasteiger partial charge in [-0.3, -0.25) is 4.79 Å². The minimum atomic E-state index is -0.674. The molecular formula is C24H27F2N5O. The van der Waals surface area contributed by atoms with Gasteiger partial charge < -0.3 is 16.0 Å². The Labute approximate surface area is 186 Å². The molecular weight excluding hydrogens is 412 g/mol. The number of carbonyl (C=O) groups is 1. The normalized spacial score (nSPS) is 23.2. The molecule has 32 heavy (non-hydrogen) atoms. The van der Waals surface area contributed by atoms with Crippen molar-refractivity contribution in [2.24, 2.45) is 11.1 Å². The lowest BCUT2D eigenvalue weighted by atomic mass is 9.68. The van der Waals surface area contributed by atoms with Crippen LogP contribution in [-0.4, -0.2) is 40.3 Å². The van der Waals surface area contributed by atoms with Crippen molar-refractivity contribution in [3.05, 3.63) is 58.9 Å². The number of carbonyl (C=O) groups excluding carboxylic acids is 1. The average molecular weight is 440 g/mol. The number of nitrogens with one attached hydrogen (secondary N) is 1. The fraction of sp³-hybridized carbons (Fsp3) is 0.417. The van der Waals surface area contributed by atoms with Crippen LogP contribution in [-0.2, 0) is 10.2 Å². The second-order valence-corrected chi connectivity index (χ2v) is 9.11. The third-order valence-corrected chi connectivity index (χ3v) is 7.55. The predicted molar refractivity (Wildman–Crippen MR) is 118 cm³/mol. The lowest BCUT2D eigenvalue weighted by Gasteiger charge is -2.41. The van der Waals surface area contributed by atoms with Gasteiger partial charge in [-0.05, 0) is 54.9 Å². The number of amides is 1. The Bertz CT molecular complexity index is 1110. The highest BCUT2D eigenvalue weighted by Crippen LogP contribution is 2.67. The molecule has 1 heterocycles. The van der Waals surface area contributed by atoms with Gasteiger partial charge in [-0.2, -0.15) is 10.2 Å². The highest BCUT2D eigenvalue weighted by molar-refractivity contribution is 6.11. The van der Waals surface area contributed by atoms with Crippen LogP contribution < -0.4 is 5.73 Å². The zero-order valence-electron chi connectivity index (χ0n) is 18.5. The second-order valence-electron chi connectivity index (χ2n) is 9.11. The van der Waals surface area contributed by atoms with Gasteiger partial charge in [0.05, 0.1) is 22.5 Å². The summed E-state index contributed by atoms with van der Waals surface area (Å²) in [6, 6.07) is 5.50. The van der Waals surface area contributed by atoms with Crippen LogP contribution >= 0.6 is 0 Å². The molecule has 2 atom stereocenters. The Hall–Kier alpha value is -3.16. The smallest absolute Gasteiger partial charge is 0.256 e. The first-order chi connectivity index (χ1) is 15.2. The number of hydrogen-bond donors (Lipinski definition) is 2. The van der Waals surface area contributed by atoms with Crippen LogP contribution in [0.4, 0.5) is 8.78 Å². The molecule has 2 aliphatic carbocycles. The summed E-state index contributed by atoms with van der Waals surface area (Å²) in [5, 5.41) is 16.2. The molecule has 2 bridgehead atoms. The summed E-state index contributed by atoms with van der Waals surface area (Å²) in [5.74, 6) is -1.51. The number of aromatic nitrogens is 2. The van der Waals surface area contributed by atoms with Crippen molar-refractivity contribution in [2.75, 3.05) is 13.1 Å². The SMILES string of the molecule is CCN(C[C@@]12CC[C@@H](c3cc(-c4c(F)cccc4F)nnc31)C2(C)C)C(=O)C(C=N)=CN. The molecule has 0 radical (unpaired) electrons. The van der Waals surface area contributed by atoms with Crippen LogP contribution in [0.2, 0.25) is 0 Å². The van der Waals surface area contributed by atoms with Gasteiger partial charge in [0.15, 0.2) is 0 Å². The van der Waals surface area contributed by atoms with E-state index in [2.05, 4.69) is 24.0 Å². The van der Waals surface area contributed by atoms with Crippen LogP contribution in [0.1, 0.15) is 50.8 Å². The number of fused-ring (bicyclic) bond motifs is 5. The molecule has 2 aromatic rings. The number of likely N-dealkylation sites (N-methyl/N-ethyl adjacent to an activating group) is 1. The topological polar surface area (TPSA) is 96.0 Å². The van der Waals surface area contributed by atoms with Gasteiger partial charge in [-0.1, -0.05) is 19.9 Å². The zero-order chi connectivity index (χ0) is 23.3. The van der Waals surface area contributed by atoms with E-state index >= 15 is 0 Å². The summed E-state index contributed by atoms with van der Waals surface area (Å²) in [6.45, 7) is 7.06. The summed E-state index contributed by atoms with van der Waals surface area (Å²) in [5.41, 5.74) is 6.73. The summed E-state index contributed by atoms with van der Waals surface area (Å²) in [4.78, 5) is 14.6. The lowest BCUT2D eigenvalue weighted by Crippen LogP contribution is -2.48. The maximum Gasteiger partial charge on any atom is 0.256 e. The molecule has 8 heteroatoms. The summed E-state index contributed by atoms with van der Waals surface area (Å²) in [7, 11) is 0. The molecule has 168 valence electrons. The number of hydrogen-bond acceptors (Lipinski definition) is 5. The molecule has 3 N–H and O–H groups in total. The molecule has 0 aliphatic heterocycles. The number of benzene rings is 1. The van der Waals surface area contributed by atoms with Crippen molar-refractivity contribution in [3.8, 4) is 11.3 Å². The van der Waals surface area contributed by atoms with E-state index in [1.165, 1.54) is 18.2 Å². The molecule has 0 unspecified atom stereocenters. The van der Waals surface area contributed by atoms with Crippen LogP contribution in [0.15, 0.2) is 36.0 Å². The molecule has 0 saturated heterocycles. The van der Waals surface area contributed by atoms with Gasteiger partial charge in [0.1, 0.15) is 11.6 Å². The fourth-order valence-corrected chi connectivity index (χ4v) is 5.66. The Balaban J connectivity index is 1.79. The number of rotatable bonds is 6. The first kappa shape index (κ1) is 22.0. The van der Waals surface area contributed by atoms with Crippen molar-refractivity contribution in [3.63, 3.8) is 0 Å². The van der Waals surface area contributed by atoms with Gasteiger partial charge in [0.25, 0.3) is 5.91 Å². The molecule has 2 aliphatic rings. The van der Waals surface area contributed by atoms with E-state index in [4.69, 9.17) is 11.1 Å². The molecule has 1 amide bonds. The minimum Gasteiger partial charge on any atom is -0.404 e. The fourth-order valence-electron chi connectivity index (χ4n) is 5.66. The highest BCUT2D eigenvalue weighted by atomic mass is 19.1. The third-order valence-electron chi connectivity index (χ3n) is 7.55. The molecule has 1 fully saturated rings. The van der Waals surface area contributed by atoms with Crippen molar-refractivity contribution in [1.29, 1.82) is 5.41 Å². The summed E-state index contributed by atoms with van der Waals surface area (Å²) < 4.78 is 28.7. The molecule has 4 rings (SSSR count). The van der Waals surface area contributed by atoms with E-state index in [-0.39, 0.29) is 34.1 Å². The maximum absolute atomic E-state index is 14.4. The van der Waals surface area contributed by atoms with Crippen molar-refractivity contribution < 1.29 is 13.6 Å². The van der Waals surface area contributed by atoms with Crippen LogP contribution in [0.5, 0.6) is 0 Å². The molecule has 1 aromatic heterocycles. The average Bonchev–Trinajstić information content (AvgIpc) is 3.12. The largest absolute Gasteiger partial charge is 0.404 e. The van der Waals surface area contributed by atoms with Crippen molar-refractivity contribution in [1.82, 2.24) is 15.1 Å². The first-order valence-corrected chi connectivity index (χ1v) is 10.8. The first-order valence-electron chi connectivity index (χ1n) is 10.8. The standard InChI is InChI=1S/C24H27F2N5O/c1-4-31(22(32)14(11-27)12-28)13-24-9-8-16(23(24,2)3)15-10-19(29-30-21(15)24)20-17(25)6-5-7-18(20)26/h5-7,10-12,16,27H,4,8-9,13,28H2,1-3H3/t16-,24-/m0/s1. The Morgan fingerprint density at radius 1 is 1.31 bits per heavy atom. The Morgan fingerprint density at radius 3 is 2.59 bits per heavy atom. The lowest BCUT2D eigenvalue weighted by molar-refractivity contribution is -0.127. The zero-order valence-corrected chi connectivity index (χ0v) is 18.5. The van der Waals surface area contributed by atoms with Gasteiger partial charge in [0.2, 0.25) is 0 Å². The van der Waals surface area contributed by atoms with Crippen LogP contribution in [0, 0.1) is 22.5 Å². The van der Waals surface area contributed by atoms with Crippen LogP contribution in [0.25, 0.3) is 11.3 Å². The summed E-state index contributed by atoms with van der Waals surface area (Å²) >= 11 is 0. The monoisotopic (exact) mass is 439 g/mol. The van der Waals surface area contributed by atoms with E-state index < -0.39 is 17.0 Å². The number of nitrogens with two attached hydrogens (primary N) is 1.